The molecule has 1 heterocycles. The van der Waals surface area contributed by atoms with Crippen LogP contribution in [0.4, 0.5) is 0 Å². The molecule has 0 spiro atoms. The Balaban J connectivity index is 1.94. The Morgan fingerprint density at radius 3 is 2.71 bits per heavy atom. The largest absolute Gasteiger partial charge is 0.352 e. The molecular formula is C16H23N3O2. The van der Waals surface area contributed by atoms with Gasteiger partial charge in [-0.2, -0.15) is 0 Å². The number of carbonyl (C=O) groups excluding carboxylic acids is 2. The van der Waals surface area contributed by atoms with Crippen LogP contribution in [0.2, 0.25) is 0 Å². The number of amides is 2. The predicted molar refractivity (Wildman–Crippen MR) is 81.4 cm³/mol. The van der Waals surface area contributed by atoms with Crippen LogP contribution in [0.5, 0.6) is 0 Å². The summed E-state index contributed by atoms with van der Waals surface area (Å²) < 4.78 is 0. The molecule has 1 aliphatic heterocycles. The van der Waals surface area contributed by atoms with Crippen molar-refractivity contribution in [3.63, 3.8) is 0 Å². The van der Waals surface area contributed by atoms with E-state index in [-0.39, 0.29) is 17.9 Å². The zero-order chi connectivity index (χ0) is 15.5. The molecule has 0 saturated carbocycles. The molecule has 0 radical (unpaired) electrons. The van der Waals surface area contributed by atoms with Crippen molar-refractivity contribution in [1.82, 2.24) is 10.2 Å². The van der Waals surface area contributed by atoms with Crippen molar-refractivity contribution in [2.75, 3.05) is 13.1 Å². The minimum Gasteiger partial charge on any atom is -0.352 e. The molecule has 1 fully saturated rings. The number of rotatable bonds is 4. The molecule has 21 heavy (non-hydrogen) atoms. The van der Waals surface area contributed by atoms with Gasteiger partial charge in [-0.05, 0) is 25.8 Å². The molecule has 1 saturated heterocycles. The van der Waals surface area contributed by atoms with Gasteiger partial charge < -0.3 is 16.0 Å². The highest BCUT2D eigenvalue weighted by molar-refractivity contribution is 5.91. The van der Waals surface area contributed by atoms with Crippen LogP contribution in [-0.2, 0) is 9.59 Å². The predicted octanol–water partition coefficient (Wildman–Crippen LogP) is 1.20. The summed E-state index contributed by atoms with van der Waals surface area (Å²) in [5.41, 5.74) is 6.36. The first-order valence-corrected chi connectivity index (χ1v) is 7.32. The van der Waals surface area contributed by atoms with Gasteiger partial charge >= 0.3 is 0 Å². The quantitative estimate of drug-likeness (QED) is 0.874. The molecule has 5 nitrogen and oxygen atoms in total. The van der Waals surface area contributed by atoms with Crippen LogP contribution in [0.15, 0.2) is 30.3 Å². The van der Waals surface area contributed by atoms with E-state index in [1.807, 2.05) is 30.3 Å². The lowest BCUT2D eigenvalue weighted by Crippen LogP contribution is -2.63. The van der Waals surface area contributed by atoms with Crippen molar-refractivity contribution in [3.8, 4) is 0 Å². The van der Waals surface area contributed by atoms with Crippen LogP contribution in [0.3, 0.4) is 0 Å². The normalized spacial score (nSPS) is 19.0. The van der Waals surface area contributed by atoms with Crippen LogP contribution in [0, 0.1) is 0 Å². The van der Waals surface area contributed by atoms with E-state index in [4.69, 9.17) is 5.73 Å². The maximum absolute atomic E-state index is 12.4. The van der Waals surface area contributed by atoms with Crippen LogP contribution in [0.1, 0.15) is 38.3 Å². The maximum Gasteiger partial charge on any atom is 0.245 e. The number of carbonyl (C=O) groups is 2. The van der Waals surface area contributed by atoms with Crippen molar-refractivity contribution < 1.29 is 9.59 Å². The Morgan fingerprint density at radius 2 is 2.05 bits per heavy atom. The molecule has 1 unspecified atom stereocenters. The van der Waals surface area contributed by atoms with Gasteiger partial charge in [0.1, 0.15) is 5.54 Å². The van der Waals surface area contributed by atoms with Crippen molar-refractivity contribution in [2.24, 2.45) is 5.73 Å². The molecule has 1 atom stereocenters. The Labute approximate surface area is 125 Å². The molecule has 2 rings (SSSR count). The van der Waals surface area contributed by atoms with Crippen LogP contribution in [0.25, 0.3) is 0 Å². The third-order valence-electron chi connectivity index (χ3n) is 4.05. The van der Waals surface area contributed by atoms with E-state index < -0.39 is 5.54 Å². The first-order chi connectivity index (χ1) is 9.93. The second-order valence-corrected chi connectivity index (χ2v) is 5.92. The number of piperazine rings is 1. The summed E-state index contributed by atoms with van der Waals surface area (Å²) in [4.78, 5) is 25.9. The molecule has 5 heteroatoms. The molecular weight excluding hydrogens is 266 g/mol. The standard InChI is InChI=1S/C16H23N3O2/c1-16(2)15(21)18-10-11-19(16)14(20)9-8-13(17)12-6-4-3-5-7-12/h3-7,13H,8-11,17H2,1-2H3,(H,18,21). The average Bonchev–Trinajstić information content (AvgIpc) is 2.48. The number of nitrogens with two attached hydrogens (primary N) is 1. The summed E-state index contributed by atoms with van der Waals surface area (Å²) in [6.07, 6.45) is 0.934. The van der Waals surface area contributed by atoms with Gasteiger partial charge in [0, 0.05) is 25.6 Å². The van der Waals surface area contributed by atoms with Crippen molar-refractivity contribution in [1.29, 1.82) is 0 Å². The molecule has 1 aromatic carbocycles. The molecule has 1 aliphatic rings. The lowest BCUT2D eigenvalue weighted by Gasteiger charge is -2.41. The lowest BCUT2D eigenvalue weighted by molar-refractivity contribution is -0.149. The van der Waals surface area contributed by atoms with E-state index in [2.05, 4.69) is 5.32 Å². The third-order valence-corrected chi connectivity index (χ3v) is 4.05. The number of nitrogens with one attached hydrogen (secondary N) is 1. The Bertz CT molecular complexity index is 514. The van der Waals surface area contributed by atoms with Gasteiger partial charge in [0.15, 0.2) is 0 Å². The van der Waals surface area contributed by atoms with E-state index in [1.54, 1.807) is 18.7 Å². The van der Waals surface area contributed by atoms with Gasteiger partial charge in [0.05, 0.1) is 0 Å². The minimum atomic E-state index is -0.786. The average molecular weight is 289 g/mol. The van der Waals surface area contributed by atoms with Gasteiger partial charge in [0.2, 0.25) is 11.8 Å². The zero-order valence-corrected chi connectivity index (χ0v) is 12.6. The molecule has 114 valence electrons. The zero-order valence-electron chi connectivity index (χ0n) is 12.6. The van der Waals surface area contributed by atoms with Gasteiger partial charge in [-0.15, -0.1) is 0 Å². The summed E-state index contributed by atoms with van der Waals surface area (Å²) >= 11 is 0. The molecule has 0 aliphatic carbocycles. The molecule has 2 amide bonds. The molecule has 1 aromatic rings. The van der Waals surface area contributed by atoms with E-state index in [1.165, 1.54) is 0 Å². The van der Waals surface area contributed by atoms with Crippen LogP contribution in [-0.4, -0.2) is 35.3 Å². The number of nitrogens with zero attached hydrogens (tertiary/aromatic N) is 1. The fraction of sp³-hybridized carbons (Fsp3) is 0.500. The summed E-state index contributed by atoms with van der Waals surface area (Å²) in [5, 5.41) is 2.79. The topological polar surface area (TPSA) is 75.4 Å². The molecule has 0 bridgehead atoms. The van der Waals surface area contributed by atoms with E-state index in [9.17, 15) is 9.59 Å². The first kappa shape index (κ1) is 15.5. The van der Waals surface area contributed by atoms with Crippen LogP contribution >= 0.6 is 0 Å². The Kier molecular flexibility index (Phi) is 4.63. The van der Waals surface area contributed by atoms with E-state index in [0.29, 0.717) is 25.9 Å². The van der Waals surface area contributed by atoms with Crippen molar-refractivity contribution in [3.05, 3.63) is 35.9 Å². The minimum absolute atomic E-state index is 0.0127. The van der Waals surface area contributed by atoms with E-state index in [0.717, 1.165) is 5.56 Å². The lowest BCUT2D eigenvalue weighted by atomic mass is 9.97. The third kappa shape index (κ3) is 3.42. The van der Waals surface area contributed by atoms with Crippen molar-refractivity contribution >= 4 is 11.8 Å². The summed E-state index contributed by atoms with van der Waals surface area (Å²) in [6.45, 7) is 4.62. The number of hydrogen-bond acceptors (Lipinski definition) is 3. The first-order valence-electron chi connectivity index (χ1n) is 7.32. The Hall–Kier alpha value is -1.88. The molecule has 3 N–H and O–H groups in total. The van der Waals surface area contributed by atoms with Crippen LogP contribution < -0.4 is 11.1 Å². The highest BCUT2D eigenvalue weighted by atomic mass is 16.2. The van der Waals surface area contributed by atoms with E-state index >= 15 is 0 Å². The fourth-order valence-electron chi connectivity index (χ4n) is 2.62. The number of benzene rings is 1. The van der Waals surface area contributed by atoms with Gasteiger partial charge in [0.25, 0.3) is 0 Å². The summed E-state index contributed by atoms with van der Waals surface area (Å²) in [6, 6.07) is 9.60. The summed E-state index contributed by atoms with van der Waals surface area (Å²) in [5.74, 6) is -0.115. The Morgan fingerprint density at radius 1 is 1.38 bits per heavy atom. The second kappa shape index (κ2) is 6.26. The van der Waals surface area contributed by atoms with Gasteiger partial charge in [-0.1, -0.05) is 30.3 Å². The monoisotopic (exact) mass is 289 g/mol. The second-order valence-electron chi connectivity index (χ2n) is 5.92. The SMILES string of the molecule is CC1(C)C(=O)NCCN1C(=O)CCC(N)c1ccccc1. The molecule has 0 aromatic heterocycles. The number of hydrogen-bond donors (Lipinski definition) is 2. The smallest absolute Gasteiger partial charge is 0.245 e. The van der Waals surface area contributed by atoms with Gasteiger partial charge in [-0.25, -0.2) is 0 Å². The highest BCUT2D eigenvalue weighted by Gasteiger charge is 2.40. The highest BCUT2D eigenvalue weighted by Crippen LogP contribution is 2.21. The van der Waals surface area contributed by atoms with Crippen molar-refractivity contribution in [2.45, 2.75) is 38.3 Å². The van der Waals surface area contributed by atoms with Gasteiger partial charge in [-0.3, -0.25) is 9.59 Å². The summed E-state index contributed by atoms with van der Waals surface area (Å²) in [7, 11) is 0. The fourth-order valence-corrected chi connectivity index (χ4v) is 2.62. The maximum atomic E-state index is 12.4.